The van der Waals surface area contributed by atoms with Gasteiger partial charge in [0.1, 0.15) is 0 Å². The number of benzene rings is 2. The Hall–Kier alpha value is -0.990. The van der Waals surface area contributed by atoms with Gasteiger partial charge in [0.2, 0.25) is 0 Å². The second kappa shape index (κ2) is 6.44. The molecule has 102 valence electrons. The molecule has 0 aliphatic rings. The molecule has 0 heterocycles. The van der Waals surface area contributed by atoms with Crippen LogP contribution in [0.25, 0.3) is 10.8 Å². The molecule has 2 aromatic rings. The van der Waals surface area contributed by atoms with Gasteiger partial charge in [-0.2, -0.15) is 11.8 Å². The molecule has 2 rings (SSSR count). The molecule has 0 saturated heterocycles. The van der Waals surface area contributed by atoms with Crippen LogP contribution in [0.2, 0.25) is 0 Å². The summed E-state index contributed by atoms with van der Waals surface area (Å²) in [6.07, 6.45) is 0. The van der Waals surface area contributed by atoms with E-state index in [-0.39, 0.29) is 6.04 Å². The normalized spacial score (nSPS) is 14.8. The zero-order valence-corrected chi connectivity index (χ0v) is 12.8. The van der Waals surface area contributed by atoms with Gasteiger partial charge in [-0.25, -0.2) is 0 Å². The molecule has 0 amide bonds. The maximum Gasteiger partial charge on any atom is 0.0387 e. The van der Waals surface area contributed by atoms with Gasteiger partial charge in [0.05, 0.1) is 0 Å². The van der Waals surface area contributed by atoms with E-state index in [1.807, 2.05) is 11.8 Å². The molecular formula is C17H23NS. The highest BCUT2D eigenvalue weighted by atomic mass is 32.2. The van der Waals surface area contributed by atoms with Gasteiger partial charge in [-0.05, 0) is 28.3 Å². The zero-order valence-electron chi connectivity index (χ0n) is 12.0. The highest BCUT2D eigenvalue weighted by Crippen LogP contribution is 2.25. The lowest BCUT2D eigenvalue weighted by Crippen LogP contribution is -2.16. The first-order chi connectivity index (χ1) is 9.08. The first-order valence-electron chi connectivity index (χ1n) is 6.94. The van der Waals surface area contributed by atoms with Crippen LogP contribution in [0.15, 0.2) is 42.5 Å². The van der Waals surface area contributed by atoms with Crippen molar-refractivity contribution in [3.05, 3.63) is 48.0 Å². The van der Waals surface area contributed by atoms with Gasteiger partial charge in [-0.1, -0.05) is 57.2 Å². The van der Waals surface area contributed by atoms with Gasteiger partial charge in [0, 0.05) is 17.0 Å². The first kappa shape index (κ1) is 14.4. The molecule has 0 fully saturated rings. The van der Waals surface area contributed by atoms with E-state index in [1.165, 1.54) is 16.3 Å². The average Bonchev–Trinajstić information content (AvgIpc) is 2.43. The Bertz CT molecular complexity index is 536. The van der Waals surface area contributed by atoms with Crippen molar-refractivity contribution in [1.29, 1.82) is 0 Å². The summed E-state index contributed by atoms with van der Waals surface area (Å²) in [5, 5.41) is 3.21. The predicted molar refractivity (Wildman–Crippen MR) is 87.6 cm³/mol. The van der Waals surface area contributed by atoms with Crippen molar-refractivity contribution >= 4 is 22.5 Å². The van der Waals surface area contributed by atoms with E-state index in [0.29, 0.717) is 11.2 Å². The third-order valence-corrected chi connectivity index (χ3v) is 5.30. The third-order valence-electron chi connectivity index (χ3n) is 3.68. The van der Waals surface area contributed by atoms with Gasteiger partial charge in [0.25, 0.3) is 0 Å². The predicted octanol–water partition coefficient (Wildman–Crippen LogP) is 4.62. The Morgan fingerprint density at radius 3 is 2.37 bits per heavy atom. The number of fused-ring (bicyclic) bond motifs is 1. The maximum absolute atomic E-state index is 6.31. The van der Waals surface area contributed by atoms with Crippen molar-refractivity contribution in [1.82, 2.24) is 0 Å². The molecule has 0 aromatic heterocycles. The Balaban J connectivity index is 2.06. The van der Waals surface area contributed by atoms with E-state index in [0.717, 1.165) is 5.75 Å². The third kappa shape index (κ3) is 3.74. The van der Waals surface area contributed by atoms with E-state index >= 15 is 0 Å². The molecule has 0 bridgehead atoms. The fourth-order valence-corrected chi connectivity index (χ4v) is 3.07. The minimum atomic E-state index is 0.121. The summed E-state index contributed by atoms with van der Waals surface area (Å²) >= 11 is 1.97. The summed E-state index contributed by atoms with van der Waals surface area (Å²) in [5.41, 5.74) is 7.55. The van der Waals surface area contributed by atoms with Gasteiger partial charge >= 0.3 is 0 Å². The van der Waals surface area contributed by atoms with Crippen LogP contribution >= 0.6 is 11.8 Å². The average molecular weight is 273 g/mol. The summed E-state index contributed by atoms with van der Waals surface area (Å²) in [5.74, 6) is 1.69. The summed E-state index contributed by atoms with van der Waals surface area (Å²) in [6, 6.07) is 15.1. The van der Waals surface area contributed by atoms with E-state index < -0.39 is 0 Å². The molecule has 2 atom stereocenters. The van der Waals surface area contributed by atoms with Gasteiger partial charge in [-0.15, -0.1) is 0 Å². The molecule has 2 heteroatoms. The van der Waals surface area contributed by atoms with Crippen LogP contribution in [0.3, 0.4) is 0 Å². The minimum absolute atomic E-state index is 0.121. The molecule has 1 nitrogen and oxygen atoms in total. The summed E-state index contributed by atoms with van der Waals surface area (Å²) < 4.78 is 0. The fourth-order valence-electron chi connectivity index (χ4n) is 1.98. The lowest BCUT2D eigenvalue weighted by molar-refractivity contribution is 0.640. The number of hydrogen-bond acceptors (Lipinski definition) is 2. The van der Waals surface area contributed by atoms with Crippen molar-refractivity contribution in [3.63, 3.8) is 0 Å². The standard InChI is InChI=1S/C17H23NS/c1-12(2)13(3)19-11-17(18)16-9-8-14-6-4-5-7-15(14)10-16/h4-10,12-13,17H,11,18H2,1-3H3. The summed E-state index contributed by atoms with van der Waals surface area (Å²) in [7, 11) is 0. The van der Waals surface area contributed by atoms with Crippen molar-refractivity contribution in [2.75, 3.05) is 5.75 Å². The topological polar surface area (TPSA) is 26.0 Å². The second-order valence-electron chi connectivity index (χ2n) is 5.50. The van der Waals surface area contributed by atoms with Crippen molar-refractivity contribution < 1.29 is 0 Å². The smallest absolute Gasteiger partial charge is 0.0387 e. The van der Waals surface area contributed by atoms with Gasteiger partial charge in [-0.3, -0.25) is 0 Å². The molecule has 0 radical (unpaired) electrons. The van der Waals surface area contributed by atoms with E-state index in [2.05, 4.69) is 63.2 Å². The van der Waals surface area contributed by atoms with Crippen molar-refractivity contribution in [3.8, 4) is 0 Å². The monoisotopic (exact) mass is 273 g/mol. The number of nitrogens with two attached hydrogens (primary N) is 1. The van der Waals surface area contributed by atoms with Gasteiger partial charge in [0.15, 0.2) is 0 Å². The van der Waals surface area contributed by atoms with E-state index in [4.69, 9.17) is 5.73 Å². The Morgan fingerprint density at radius 2 is 1.68 bits per heavy atom. The Kier molecular flexibility index (Phi) is 4.89. The van der Waals surface area contributed by atoms with Gasteiger partial charge < -0.3 is 5.73 Å². The summed E-state index contributed by atoms with van der Waals surface area (Å²) in [6.45, 7) is 6.81. The van der Waals surface area contributed by atoms with E-state index in [1.54, 1.807) is 0 Å². The fraction of sp³-hybridized carbons (Fsp3) is 0.412. The first-order valence-corrected chi connectivity index (χ1v) is 7.98. The van der Waals surface area contributed by atoms with Crippen molar-refractivity contribution in [2.45, 2.75) is 32.1 Å². The molecule has 0 aliphatic carbocycles. The highest BCUT2D eigenvalue weighted by molar-refractivity contribution is 7.99. The molecule has 19 heavy (non-hydrogen) atoms. The highest BCUT2D eigenvalue weighted by Gasteiger charge is 2.12. The Labute approximate surface area is 120 Å². The van der Waals surface area contributed by atoms with Crippen LogP contribution < -0.4 is 5.73 Å². The maximum atomic E-state index is 6.31. The van der Waals surface area contributed by atoms with E-state index in [9.17, 15) is 0 Å². The Morgan fingerprint density at radius 1 is 1.00 bits per heavy atom. The van der Waals surface area contributed by atoms with Crippen LogP contribution in [0.1, 0.15) is 32.4 Å². The molecule has 2 N–H and O–H groups in total. The number of rotatable bonds is 5. The number of hydrogen-bond donors (Lipinski definition) is 1. The van der Waals surface area contributed by atoms with Crippen LogP contribution in [0, 0.1) is 5.92 Å². The van der Waals surface area contributed by atoms with Crippen molar-refractivity contribution in [2.24, 2.45) is 11.7 Å². The molecule has 0 spiro atoms. The molecule has 2 unspecified atom stereocenters. The lowest BCUT2D eigenvalue weighted by atomic mass is 10.0. The minimum Gasteiger partial charge on any atom is -0.323 e. The zero-order chi connectivity index (χ0) is 13.8. The molecule has 0 saturated carbocycles. The summed E-state index contributed by atoms with van der Waals surface area (Å²) in [4.78, 5) is 0. The molecule has 2 aromatic carbocycles. The van der Waals surface area contributed by atoms with Crippen LogP contribution in [0.4, 0.5) is 0 Å². The number of thioether (sulfide) groups is 1. The van der Waals surface area contributed by atoms with Crippen LogP contribution in [-0.4, -0.2) is 11.0 Å². The SMILES string of the molecule is CC(C)C(C)SCC(N)c1ccc2ccccc2c1. The largest absolute Gasteiger partial charge is 0.323 e. The molecular weight excluding hydrogens is 250 g/mol. The van der Waals surface area contributed by atoms with Crippen LogP contribution in [0.5, 0.6) is 0 Å². The van der Waals surface area contributed by atoms with Crippen LogP contribution in [-0.2, 0) is 0 Å². The molecule has 0 aliphatic heterocycles. The quantitative estimate of drug-likeness (QED) is 0.860. The second-order valence-corrected chi connectivity index (χ2v) is 6.91. The lowest BCUT2D eigenvalue weighted by Gasteiger charge is -2.18.